The normalized spacial score (nSPS) is 18.3. The molecule has 0 aliphatic carbocycles. The highest BCUT2D eigenvalue weighted by Gasteiger charge is 2.15. The molecular weight excluding hydrogens is 240 g/mol. The molecule has 1 saturated heterocycles. The first-order valence-corrected chi connectivity index (χ1v) is 6.91. The molecule has 19 heavy (non-hydrogen) atoms. The van der Waals surface area contributed by atoms with Gasteiger partial charge in [0, 0.05) is 24.6 Å². The minimum atomic E-state index is 0.111. The van der Waals surface area contributed by atoms with Crippen LogP contribution in [0.2, 0.25) is 0 Å². The Morgan fingerprint density at radius 2 is 2.32 bits per heavy atom. The van der Waals surface area contributed by atoms with Gasteiger partial charge in [-0.25, -0.2) is 0 Å². The number of carbonyl (C=O) groups excluding carboxylic acids is 1. The van der Waals surface area contributed by atoms with Crippen LogP contribution < -0.4 is 15.4 Å². The molecule has 0 saturated carbocycles. The van der Waals surface area contributed by atoms with Crippen molar-refractivity contribution in [2.45, 2.75) is 38.3 Å². The maximum absolute atomic E-state index is 11.8. The molecule has 1 aromatic rings. The number of hydrogen-bond acceptors (Lipinski definition) is 3. The van der Waals surface area contributed by atoms with Gasteiger partial charge in [0.25, 0.3) is 0 Å². The molecule has 1 aliphatic rings. The Morgan fingerprint density at radius 3 is 3.05 bits per heavy atom. The van der Waals surface area contributed by atoms with Gasteiger partial charge in [-0.15, -0.1) is 0 Å². The van der Waals surface area contributed by atoms with Crippen LogP contribution in [0.5, 0.6) is 5.75 Å². The SMILES string of the molecule is COc1ccccc1CNC(=O)CCC1CCCN1. The third-order valence-electron chi connectivity index (χ3n) is 3.55. The summed E-state index contributed by atoms with van der Waals surface area (Å²) in [5.41, 5.74) is 1.01. The lowest BCUT2D eigenvalue weighted by Crippen LogP contribution is -2.27. The fourth-order valence-electron chi connectivity index (χ4n) is 2.44. The van der Waals surface area contributed by atoms with E-state index in [1.54, 1.807) is 7.11 Å². The van der Waals surface area contributed by atoms with E-state index in [9.17, 15) is 4.79 Å². The van der Waals surface area contributed by atoms with E-state index >= 15 is 0 Å². The average Bonchev–Trinajstić information content (AvgIpc) is 2.96. The second kappa shape index (κ2) is 7.14. The van der Waals surface area contributed by atoms with Crippen molar-refractivity contribution in [3.05, 3.63) is 29.8 Å². The minimum Gasteiger partial charge on any atom is -0.496 e. The molecule has 1 aliphatic heterocycles. The number of rotatable bonds is 6. The third kappa shape index (κ3) is 4.24. The lowest BCUT2D eigenvalue weighted by Gasteiger charge is -2.11. The molecule has 0 bridgehead atoms. The van der Waals surface area contributed by atoms with Gasteiger partial charge in [-0.05, 0) is 31.9 Å². The molecule has 1 heterocycles. The van der Waals surface area contributed by atoms with Crippen molar-refractivity contribution in [1.29, 1.82) is 0 Å². The summed E-state index contributed by atoms with van der Waals surface area (Å²) in [6, 6.07) is 8.28. The number of hydrogen-bond donors (Lipinski definition) is 2. The second-order valence-electron chi connectivity index (χ2n) is 4.92. The number of nitrogens with one attached hydrogen (secondary N) is 2. The standard InChI is InChI=1S/C15H22N2O2/c1-19-14-7-3-2-5-12(14)11-17-15(18)9-8-13-6-4-10-16-13/h2-3,5,7,13,16H,4,6,8-11H2,1H3,(H,17,18). The summed E-state index contributed by atoms with van der Waals surface area (Å²) in [5.74, 6) is 0.930. The molecule has 2 rings (SSSR count). The fourth-order valence-corrected chi connectivity index (χ4v) is 2.44. The van der Waals surface area contributed by atoms with Gasteiger partial charge in [-0.3, -0.25) is 4.79 Å². The molecule has 1 fully saturated rings. The van der Waals surface area contributed by atoms with Crippen molar-refractivity contribution in [2.75, 3.05) is 13.7 Å². The summed E-state index contributed by atoms with van der Waals surface area (Å²) in [6.45, 7) is 1.62. The summed E-state index contributed by atoms with van der Waals surface area (Å²) >= 11 is 0. The summed E-state index contributed by atoms with van der Waals surface area (Å²) < 4.78 is 5.26. The predicted molar refractivity (Wildman–Crippen MR) is 75.1 cm³/mol. The van der Waals surface area contributed by atoms with Crippen LogP contribution >= 0.6 is 0 Å². The molecule has 0 spiro atoms. The number of amides is 1. The van der Waals surface area contributed by atoms with E-state index in [-0.39, 0.29) is 5.91 Å². The molecule has 4 nitrogen and oxygen atoms in total. The molecule has 2 N–H and O–H groups in total. The van der Waals surface area contributed by atoms with E-state index in [2.05, 4.69) is 10.6 Å². The minimum absolute atomic E-state index is 0.111. The van der Waals surface area contributed by atoms with Gasteiger partial charge in [0.15, 0.2) is 0 Å². The molecular formula is C15H22N2O2. The van der Waals surface area contributed by atoms with Gasteiger partial charge in [0.05, 0.1) is 7.11 Å². The second-order valence-corrected chi connectivity index (χ2v) is 4.92. The zero-order valence-corrected chi connectivity index (χ0v) is 11.4. The first-order valence-electron chi connectivity index (χ1n) is 6.91. The molecule has 4 heteroatoms. The zero-order valence-electron chi connectivity index (χ0n) is 11.4. The van der Waals surface area contributed by atoms with E-state index in [1.165, 1.54) is 12.8 Å². The maximum atomic E-state index is 11.8. The average molecular weight is 262 g/mol. The largest absolute Gasteiger partial charge is 0.496 e. The molecule has 104 valence electrons. The lowest BCUT2D eigenvalue weighted by molar-refractivity contribution is -0.121. The Kier molecular flexibility index (Phi) is 5.21. The highest BCUT2D eigenvalue weighted by Crippen LogP contribution is 2.17. The smallest absolute Gasteiger partial charge is 0.220 e. The Morgan fingerprint density at radius 1 is 1.47 bits per heavy atom. The summed E-state index contributed by atoms with van der Waals surface area (Å²) in [7, 11) is 1.65. The van der Waals surface area contributed by atoms with Crippen LogP contribution in [0.3, 0.4) is 0 Å². The summed E-state index contributed by atoms with van der Waals surface area (Å²) in [4.78, 5) is 11.8. The number of benzene rings is 1. The Bertz CT molecular complexity index is 414. The van der Waals surface area contributed by atoms with E-state index < -0.39 is 0 Å². The third-order valence-corrected chi connectivity index (χ3v) is 3.55. The van der Waals surface area contributed by atoms with Crippen molar-refractivity contribution in [2.24, 2.45) is 0 Å². The Labute approximate surface area is 114 Å². The van der Waals surface area contributed by atoms with Crippen LogP contribution in [0.15, 0.2) is 24.3 Å². The predicted octanol–water partition coefficient (Wildman–Crippen LogP) is 1.84. The molecule has 1 unspecified atom stereocenters. The first-order chi connectivity index (χ1) is 9.29. The van der Waals surface area contributed by atoms with Gasteiger partial charge in [0.2, 0.25) is 5.91 Å². The van der Waals surface area contributed by atoms with Gasteiger partial charge < -0.3 is 15.4 Å². The molecule has 1 aromatic carbocycles. The van der Waals surface area contributed by atoms with Crippen molar-refractivity contribution in [3.63, 3.8) is 0 Å². The topological polar surface area (TPSA) is 50.4 Å². The van der Waals surface area contributed by atoms with Crippen molar-refractivity contribution in [3.8, 4) is 5.75 Å². The van der Waals surface area contributed by atoms with Crippen LogP contribution in [0.1, 0.15) is 31.2 Å². The Balaban J connectivity index is 1.73. The monoisotopic (exact) mass is 262 g/mol. The highest BCUT2D eigenvalue weighted by molar-refractivity contribution is 5.75. The van der Waals surface area contributed by atoms with E-state index in [4.69, 9.17) is 4.74 Å². The van der Waals surface area contributed by atoms with E-state index in [0.717, 1.165) is 24.3 Å². The summed E-state index contributed by atoms with van der Waals surface area (Å²) in [6.07, 6.45) is 3.94. The number of carbonyl (C=O) groups is 1. The molecule has 0 radical (unpaired) electrons. The van der Waals surface area contributed by atoms with Crippen molar-refractivity contribution < 1.29 is 9.53 Å². The maximum Gasteiger partial charge on any atom is 0.220 e. The van der Waals surface area contributed by atoms with Gasteiger partial charge in [0.1, 0.15) is 5.75 Å². The molecule has 1 amide bonds. The van der Waals surface area contributed by atoms with Crippen molar-refractivity contribution >= 4 is 5.91 Å². The van der Waals surface area contributed by atoms with Crippen LogP contribution in [-0.2, 0) is 11.3 Å². The van der Waals surface area contributed by atoms with Crippen molar-refractivity contribution in [1.82, 2.24) is 10.6 Å². The van der Waals surface area contributed by atoms with Gasteiger partial charge >= 0.3 is 0 Å². The van der Waals surface area contributed by atoms with Crippen LogP contribution in [0.25, 0.3) is 0 Å². The fraction of sp³-hybridized carbons (Fsp3) is 0.533. The van der Waals surface area contributed by atoms with Gasteiger partial charge in [-0.2, -0.15) is 0 Å². The van der Waals surface area contributed by atoms with Gasteiger partial charge in [-0.1, -0.05) is 18.2 Å². The summed E-state index contributed by atoms with van der Waals surface area (Å²) in [5, 5.41) is 6.35. The first kappa shape index (κ1) is 13.9. The number of ether oxygens (including phenoxy) is 1. The zero-order chi connectivity index (χ0) is 13.5. The molecule has 1 atom stereocenters. The van der Waals surface area contributed by atoms with Crippen LogP contribution in [0.4, 0.5) is 0 Å². The quantitative estimate of drug-likeness (QED) is 0.822. The number of para-hydroxylation sites is 1. The van der Waals surface area contributed by atoms with Crippen LogP contribution in [-0.4, -0.2) is 25.6 Å². The number of methoxy groups -OCH3 is 1. The van der Waals surface area contributed by atoms with E-state index in [1.807, 2.05) is 24.3 Å². The highest BCUT2D eigenvalue weighted by atomic mass is 16.5. The molecule has 0 aromatic heterocycles. The van der Waals surface area contributed by atoms with Crippen LogP contribution in [0, 0.1) is 0 Å². The lowest BCUT2D eigenvalue weighted by atomic mass is 10.1. The Hall–Kier alpha value is -1.55. The van der Waals surface area contributed by atoms with E-state index in [0.29, 0.717) is 19.0 Å².